The van der Waals surface area contributed by atoms with Gasteiger partial charge in [-0.25, -0.2) is 8.78 Å². The highest BCUT2D eigenvalue weighted by Crippen LogP contribution is 2.25. The maximum atomic E-state index is 13.5. The Morgan fingerprint density at radius 3 is 2.72 bits per heavy atom. The fourth-order valence-electron chi connectivity index (χ4n) is 1.74. The summed E-state index contributed by atoms with van der Waals surface area (Å²) >= 11 is 5.83. The van der Waals surface area contributed by atoms with Crippen LogP contribution in [0.15, 0.2) is 36.7 Å². The Balaban J connectivity index is 2.24. The highest BCUT2D eigenvalue weighted by molar-refractivity contribution is 6.31. The fourth-order valence-corrected chi connectivity index (χ4v) is 1.94. The number of benzene rings is 1. The number of nitrogens with two attached hydrogens (primary N) is 1. The zero-order valence-corrected chi connectivity index (χ0v) is 10.2. The summed E-state index contributed by atoms with van der Waals surface area (Å²) in [6.07, 6.45) is 2.82. The van der Waals surface area contributed by atoms with Crippen LogP contribution in [0.3, 0.4) is 0 Å². The van der Waals surface area contributed by atoms with Crippen molar-refractivity contribution in [2.75, 3.05) is 0 Å². The normalized spacial score (nSPS) is 12.4. The first-order valence-electron chi connectivity index (χ1n) is 5.37. The van der Waals surface area contributed by atoms with Gasteiger partial charge in [0.05, 0.1) is 11.2 Å². The van der Waals surface area contributed by atoms with E-state index < -0.39 is 17.7 Å². The third kappa shape index (κ3) is 2.66. The number of hydrogen-bond acceptors (Lipinski definition) is 2. The Morgan fingerprint density at radius 1 is 1.22 bits per heavy atom. The molecule has 1 atom stereocenters. The Kier molecular flexibility index (Phi) is 3.89. The molecule has 2 aromatic rings. The van der Waals surface area contributed by atoms with Gasteiger partial charge in [-0.1, -0.05) is 23.7 Å². The summed E-state index contributed by atoms with van der Waals surface area (Å²) in [4.78, 5) is 3.65. The largest absolute Gasteiger partial charge is 0.324 e. The first kappa shape index (κ1) is 12.9. The van der Waals surface area contributed by atoms with Crippen molar-refractivity contribution in [1.29, 1.82) is 0 Å². The van der Waals surface area contributed by atoms with Gasteiger partial charge in [0.15, 0.2) is 0 Å². The Morgan fingerprint density at radius 2 is 2.00 bits per heavy atom. The van der Waals surface area contributed by atoms with Gasteiger partial charge in [0.25, 0.3) is 0 Å². The molecule has 2 N–H and O–H groups in total. The van der Waals surface area contributed by atoms with Crippen LogP contribution < -0.4 is 5.73 Å². The van der Waals surface area contributed by atoms with Crippen molar-refractivity contribution in [3.05, 3.63) is 64.4 Å². The van der Waals surface area contributed by atoms with Gasteiger partial charge < -0.3 is 5.73 Å². The van der Waals surface area contributed by atoms with Crippen LogP contribution in [0.4, 0.5) is 8.78 Å². The van der Waals surface area contributed by atoms with Crippen LogP contribution in [-0.2, 0) is 6.42 Å². The average Bonchev–Trinajstić information content (AvgIpc) is 2.35. The van der Waals surface area contributed by atoms with Gasteiger partial charge >= 0.3 is 0 Å². The van der Waals surface area contributed by atoms with Crippen LogP contribution in [0.5, 0.6) is 0 Å². The topological polar surface area (TPSA) is 38.9 Å². The molecule has 0 amide bonds. The summed E-state index contributed by atoms with van der Waals surface area (Å²) in [5, 5.41) is 0.0300. The first-order valence-corrected chi connectivity index (χ1v) is 5.75. The van der Waals surface area contributed by atoms with Crippen LogP contribution >= 0.6 is 11.6 Å². The van der Waals surface area contributed by atoms with E-state index in [1.165, 1.54) is 18.3 Å². The fraction of sp³-hybridized carbons (Fsp3) is 0.154. The second-order valence-electron chi connectivity index (χ2n) is 3.92. The van der Waals surface area contributed by atoms with Gasteiger partial charge in [-0.2, -0.15) is 0 Å². The molecule has 94 valence electrons. The third-order valence-corrected chi connectivity index (χ3v) is 3.10. The Hall–Kier alpha value is -1.52. The Bertz CT molecular complexity index is 560. The smallest absolute Gasteiger partial charge is 0.146 e. The molecule has 1 aromatic heterocycles. The summed E-state index contributed by atoms with van der Waals surface area (Å²) in [6.45, 7) is 0. The summed E-state index contributed by atoms with van der Waals surface area (Å²) in [5.74, 6) is -0.978. The predicted molar refractivity (Wildman–Crippen MR) is 66.2 cm³/mol. The molecule has 0 aliphatic heterocycles. The number of nitrogens with zero attached hydrogens (tertiary/aromatic N) is 1. The molecule has 0 fully saturated rings. The molecular formula is C13H11ClF2N2. The molecule has 2 nitrogen and oxygen atoms in total. The third-order valence-electron chi connectivity index (χ3n) is 2.67. The number of pyridine rings is 1. The van der Waals surface area contributed by atoms with Gasteiger partial charge in [-0.15, -0.1) is 0 Å². The summed E-state index contributed by atoms with van der Waals surface area (Å²) in [7, 11) is 0. The number of halogens is 3. The average molecular weight is 269 g/mol. The van der Waals surface area contributed by atoms with E-state index in [2.05, 4.69) is 4.98 Å². The minimum absolute atomic E-state index is 0.0300. The quantitative estimate of drug-likeness (QED) is 0.928. The van der Waals surface area contributed by atoms with Crippen LogP contribution in [0.1, 0.15) is 17.2 Å². The van der Waals surface area contributed by atoms with E-state index in [9.17, 15) is 8.78 Å². The molecule has 0 saturated carbocycles. The van der Waals surface area contributed by atoms with Crippen molar-refractivity contribution in [1.82, 2.24) is 4.98 Å². The van der Waals surface area contributed by atoms with E-state index >= 15 is 0 Å². The second-order valence-corrected chi connectivity index (χ2v) is 4.30. The molecule has 0 aliphatic rings. The summed E-state index contributed by atoms with van der Waals surface area (Å²) in [6, 6.07) is 5.40. The van der Waals surface area contributed by atoms with Crippen LogP contribution in [0, 0.1) is 11.6 Å². The molecule has 0 saturated heterocycles. The Labute approximate surface area is 108 Å². The van der Waals surface area contributed by atoms with Crippen molar-refractivity contribution in [2.24, 2.45) is 5.73 Å². The molecule has 1 unspecified atom stereocenters. The highest BCUT2D eigenvalue weighted by atomic mass is 35.5. The van der Waals surface area contributed by atoms with E-state index in [1.807, 2.05) is 0 Å². The molecule has 1 heterocycles. The van der Waals surface area contributed by atoms with Crippen molar-refractivity contribution < 1.29 is 8.78 Å². The van der Waals surface area contributed by atoms with Gasteiger partial charge in [-0.3, -0.25) is 4.98 Å². The lowest BCUT2D eigenvalue weighted by Crippen LogP contribution is -2.15. The van der Waals surface area contributed by atoms with E-state index in [0.717, 1.165) is 6.20 Å². The van der Waals surface area contributed by atoms with Crippen molar-refractivity contribution in [3.63, 3.8) is 0 Å². The van der Waals surface area contributed by atoms with Gasteiger partial charge in [0.1, 0.15) is 11.6 Å². The monoisotopic (exact) mass is 268 g/mol. The molecule has 18 heavy (non-hydrogen) atoms. The summed E-state index contributed by atoms with van der Waals surface area (Å²) in [5.41, 5.74) is 6.79. The van der Waals surface area contributed by atoms with E-state index in [4.69, 9.17) is 17.3 Å². The standard InChI is InChI=1S/C13H11ClF2N2/c14-13-8(2-1-3-10(13)15)6-12(17)9-4-5-18-7-11(9)16/h1-5,7,12H,6,17H2. The molecule has 2 rings (SSSR count). The highest BCUT2D eigenvalue weighted by Gasteiger charge is 2.14. The maximum absolute atomic E-state index is 13.5. The lowest BCUT2D eigenvalue weighted by Gasteiger charge is -2.13. The van der Waals surface area contributed by atoms with E-state index in [1.54, 1.807) is 12.1 Å². The first-order chi connectivity index (χ1) is 8.59. The van der Waals surface area contributed by atoms with E-state index in [-0.39, 0.29) is 11.4 Å². The maximum Gasteiger partial charge on any atom is 0.146 e. The number of hydrogen-bond donors (Lipinski definition) is 1. The van der Waals surface area contributed by atoms with Gasteiger partial charge in [0.2, 0.25) is 0 Å². The van der Waals surface area contributed by atoms with Crippen molar-refractivity contribution in [2.45, 2.75) is 12.5 Å². The predicted octanol–water partition coefficient (Wildman–Crippen LogP) is 3.26. The van der Waals surface area contributed by atoms with Crippen LogP contribution in [0.2, 0.25) is 5.02 Å². The molecule has 0 radical (unpaired) electrons. The molecule has 5 heteroatoms. The molecule has 1 aromatic carbocycles. The zero-order valence-electron chi connectivity index (χ0n) is 9.41. The summed E-state index contributed by atoms with van der Waals surface area (Å²) < 4.78 is 26.7. The van der Waals surface area contributed by atoms with Gasteiger partial charge in [0, 0.05) is 17.8 Å². The second kappa shape index (κ2) is 5.42. The van der Waals surface area contributed by atoms with Crippen LogP contribution in [0.25, 0.3) is 0 Å². The minimum atomic E-state index is -0.590. The molecular weight excluding hydrogens is 258 g/mol. The minimum Gasteiger partial charge on any atom is -0.324 e. The molecule has 0 bridgehead atoms. The van der Waals surface area contributed by atoms with E-state index in [0.29, 0.717) is 11.1 Å². The number of aromatic nitrogens is 1. The van der Waals surface area contributed by atoms with Gasteiger partial charge in [-0.05, 0) is 24.1 Å². The van der Waals surface area contributed by atoms with Crippen LogP contribution in [-0.4, -0.2) is 4.98 Å². The lowest BCUT2D eigenvalue weighted by atomic mass is 10.00. The zero-order chi connectivity index (χ0) is 13.1. The number of rotatable bonds is 3. The van der Waals surface area contributed by atoms with Crippen molar-refractivity contribution >= 4 is 11.6 Å². The SMILES string of the molecule is NC(Cc1cccc(F)c1Cl)c1ccncc1F. The lowest BCUT2D eigenvalue weighted by molar-refractivity contribution is 0.573. The van der Waals surface area contributed by atoms with Crippen molar-refractivity contribution in [3.8, 4) is 0 Å². The molecule has 0 aliphatic carbocycles. The molecule has 0 spiro atoms.